The Labute approximate surface area is 90.4 Å². The highest BCUT2D eigenvalue weighted by atomic mass is 35.5. The molecule has 0 saturated carbocycles. The van der Waals surface area contributed by atoms with E-state index in [4.69, 9.17) is 11.6 Å². The highest BCUT2D eigenvalue weighted by molar-refractivity contribution is 6.30. The summed E-state index contributed by atoms with van der Waals surface area (Å²) in [5.41, 5.74) is 1.09. The molecule has 0 aliphatic rings. The summed E-state index contributed by atoms with van der Waals surface area (Å²) in [4.78, 5) is 0. The van der Waals surface area contributed by atoms with Crippen LogP contribution in [0.5, 0.6) is 0 Å². The summed E-state index contributed by atoms with van der Waals surface area (Å²) in [5, 5.41) is 8.81. The summed E-state index contributed by atoms with van der Waals surface area (Å²) in [7, 11) is 0. The zero-order chi connectivity index (χ0) is 10.9. The Morgan fingerprint density at radius 2 is 1.93 bits per heavy atom. The van der Waals surface area contributed by atoms with Crippen LogP contribution in [0.25, 0.3) is 0 Å². The van der Waals surface area contributed by atoms with Gasteiger partial charge in [-0.2, -0.15) is 0 Å². The lowest BCUT2D eigenvalue weighted by Gasteiger charge is -2.16. The summed E-state index contributed by atoms with van der Waals surface area (Å²) in [6, 6.07) is 0.267. The second kappa shape index (κ2) is 3.89. The first-order valence-corrected chi connectivity index (χ1v) is 5.28. The fourth-order valence-corrected chi connectivity index (χ4v) is 1.59. The third-order valence-electron chi connectivity index (χ3n) is 1.89. The van der Waals surface area contributed by atoms with Crippen LogP contribution in [0, 0.1) is 5.41 Å². The lowest BCUT2D eigenvalue weighted by molar-refractivity contribution is 0.406. The summed E-state index contributed by atoms with van der Waals surface area (Å²) in [6.07, 6.45) is 0.860. The van der Waals surface area contributed by atoms with Gasteiger partial charge in [-0.1, -0.05) is 37.6 Å². The van der Waals surface area contributed by atoms with Crippen LogP contribution in [0.3, 0.4) is 0 Å². The van der Waals surface area contributed by atoms with E-state index in [2.05, 4.69) is 31.1 Å². The van der Waals surface area contributed by atoms with E-state index in [1.54, 1.807) is 4.68 Å². The molecule has 1 aromatic rings. The van der Waals surface area contributed by atoms with E-state index >= 15 is 0 Å². The quantitative estimate of drug-likeness (QED) is 0.759. The summed E-state index contributed by atoms with van der Waals surface area (Å²) < 4.78 is 1.75. The van der Waals surface area contributed by atoms with Crippen LogP contribution in [0.15, 0.2) is 0 Å². The SMILES string of the molecule is CC(C)n1nnc(CC(C)(C)C)c1Cl. The molecule has 0 spiro atoms. The molecule has 0 saturated heterocycles. The first-order valence-electron chi connectivity index (χ1n) is 4.91. The molecule has 0 fully saturated rings. The van der Waals surface area contributed by atoms with Crippen LogP contribution in [0.1, 0.15) is 46.4 Å². The van der Waals surface area contributed by atoms with Gasteiger partial charge in [-0.05, 0) is 25.7 Å². The van der Waals surface area contributed by atoms with E-state index in [1.165, 1.54) is 0 Å². The lowest BCUT2D eigenvalue weighted by Crippen LogP contribution is -2.10. The van der Waals surface area contributed by atoms with Crippen LogP contribution >= 0.6 is 11.6 Å². The van der Waals surface area contributed by atoms with Gasteiger partial charge in [0.25, 0.3) is 0 Å². The molecule has 0 aromatic carbocycles. The smallest absolute Gasteiger partial charge is 0.150 e. The molecule has 0 atom stereocenters. The van der Waals surface area contributed by atoms with Crippen LogP contribution < -0.4 is 0 Å². The monoisotopic (exact) mass is 215 g/mol. The zero-order valence-electron chi connectivity index (χ0n) is 9.50. The van der Waals surface area contributed by atoms with Gasteiger partial charge in [0.2, 0.25) is 0 Å². The molecule has 1 aromatic heterocycles. The van der Waals surface area contributed by atoms with Crippen molar-refractivity contribution in [3.05, 3.63) is 10.8 Å². The van der Waals surface area contributed by atoms with Crippen molar-refractivity contribution in [2.24, 2.45) is 5.41 Å². The number of hydrogen-bond donors (Lipinski definition) is 0. The van der Waals surface area contributed by atoms with E-state index in [0.717, 1.165) is 12.1 Å². The minimum Gasteiger partial charge on any atom is -0.231 e. The second-order valence-electron chi connectivity index (χ2n) is 5.10. The van der Waals surface area contributed by atoms with Gasteiger partial charge in [0.1, 0.15) is 5.69 Å². The molecule has 1 rings (SSSR count). The van der Waals surface area contributed by atoms with Gasteiger partial charge in [-0.3, -0.25) is 0 Å². The summed E-state index contributed by atoms with van der Waals surface area (Å²) >= 11 is 6.16. The van der Waals surface area contributed by atoms with Crippen LogP contribution in [-0.4, -0.2) is 15.0 Å². The molecule has 0 amide bonds. The van der Waals surface area contributed by atoms with Crippen molar-refractivity contribution in [2.75, 3.05) is 0 Å². The molecule has 3 nitrogen and oxygen atoms in total. The van der Waals surface area contributed by atoms with Crippen LogP contribution in [0.2, 0.25) is 5.15 Å². The van der Waals surface area contributed by atoms with Crippen LogP contribution in [0.4, 0.5) is 0 Å². The van der Waals surface area contributed by atoms with Crippen molar-refractivity contribution in [1.82, 2.24) is 15.0 Å². The molecule has 0 N–H and O–H groups in total. The van der Waals surface area contributed by atoms with Crippen molar-refractivity contribution in [3.63, 3.8) is 0 Å². The average molecular weight is 216 g/mol. The molecule has 1 heterocycles. The van der Waals surface area contributed by atoms with Crippen molar-refractivity contribution in [3.8, 4) is 0 Å². The maximum atomic E-state index is 6.16. The molecule has 14 heavy (non-hydrogen) atoms. The fraction of sp³-hybridized carbons (Fsp3) is 0.800. The molecule has 4 heteroatoms. The van der Waals surface area contributed by atoms with Crippen molar-refractivity contribution in [1.29, 1.82) is 0 Å². The first-order chi connectivity index (χ1) is 6.31. The highest BCUT2D eigenvalue weighted by Gasteiger charge is 2.19. The van der Waals surface area contributed by atoms with Crippen molar-refractivity contribution < 1.29 is 0 Å². The third-order valence-corrected chi connectivity index (χ3v) is 2.28. The topological polar surface area (TPSA) is 30.7 Å². The van der Waals surface area contributed by atoms with Gasteiger partial charge in [0.05, 0.1) is 0 Å². The third kappa shape index (κ3) is 2.71. The Hall–Kier alpha value is -0.570. The molecule has 0 aliphatic carbocycles. The first kappa shape index (κ1) is 11.5. The maximum absolute atomic E-state index is 6.16. The van der Waals surface area contributed by atoms with Crippen molar-refractivity contribution >= 4 is 11.6 Å². The van der Waals surface area contributed by atoms with Gasteiger partial charge in [0.15, 0.2) is 5.15 Å². The fourth-order valence-electron chi connectivity index (χ4n) is 1.26. The molecular formula is C10H18ClN3. The van der Waals surface area contributed by atoms with Gasteiger partial charge < -0.3 is 0 Å². The lowest BCUT2D eigenvalue weighted by atomic mass is 9.91. The Balaban J connectivity index is 2.91. The molecule has 0 radical (unpaired) electrons. The van der Waals surface area contributed by atoms with E-state index in [0.29, 0.717) is 5.15 Å². The molecule has 0 unspecified atom stereocenters. The van der Waals surface area contributed by atoms with Gasteiger partial charge in [-0.15, -0.1) is 5.10 Å². The van der Waals surface area contributed by atoms with Gasteiger partial charge >= 0.3 is 0 Å². The van der Waals surface area contributed by atoms with Gasteiger partial charge in [-0.25, -0.2) is 4.68 Å². The van der Waals surface area contributed by atoms with Crippen molar-refractivity contribution in [2.45, 2.75) is 47.1 Å². The Bertz CT molecular complexity index is 310. The standard InChI is InChI=1S/C10H18ClN3/c1-7(2)14-9(11)8(12-13-14)6-10(3,4)5/h7H,6H2,1-5H3. The predicted octanol–water partition coefficient (Wildman–Crippen LogP) is 3.10. The largest absolute Gasteiger partial charge is 0.231 e. The Kier molecular flexibility index (Phi) is 3.20. The summed E-state index contributed by atoms with van der Waals surface area (Å²) in [6.45, 7) is 10.6. The molecule has 80 valence electrons. The van der Waals surface area contributed by atoms with E-state index in [9.17, 15) is 0 Å². The number of nitrogens with zero attached hydrogens (tertiary/aromatic N) is 3. The normalized spacial score (nSPS) is 12.5. The minimum absolute atomic E-state index is 0.196. The highest BCUT2D eigenvalue weighted by Crippen LogP contribution is 2.25. The number of rotatable bonds is 2. The van der Waals surface area contributed by atoms with Crippen LogP contribution in [-0.2, 0) is 6.42 Å². The minimum atomic E-state index is 0.196. The summed E-state index contributed by atoms with van der Waals surface area (Å²) in [5.74, 6) is 0. The predicted molar refractivity (Wildman–Crippen MR) is 58.6 cm³/mol. The zero-order valence-corrected chi connectivity index (χ0v) is 10.3. The second-order valence-corrected chi connectivity index (χ2v) is 5.46. The number of halogens is 1. The van der Waals surface area contributed by atoms with E-state index in [1.807, 2.05) is 13.8 Å². The maximum Gasteiger partial charge on any atom is 0.150 e. The Morgan fingerprint density at radius 3 is 2.29 bits per heavy atom. The van der Waals surface area contributed by atoms with E-state index in [-0.39, 0.29) is 11.5 Å². The van der Waals surface area contributed by atoms with E-state index < -0.39 is 0 Å². The molecule has 0 aliphatic heterocycles. The number of aromatic nitrogens is 3. The average Bonchev–Trinajstić information content (AvgIpc) is 2.29. The molecule has 0 bridgehead atoms. The van der Waals surface area contributed by atoms with Gasteiger partial charge in [0, 0.05) is 6.04 Å². The molecular weight excluding hydrogens is 198 g/mol. The number of hydrogen-bond acceptors (Lipinski definition) is 2. The Morgan fingerprint density at radius 1 is 1.36 bits per heavy atom.